The molecule has 1 saturated heterocycles. The molecular weight excluding hydrogens is 376 g/mol. The third kappa shape index (κ3) is 3.67. The maximum atomic E-state index is 5.69. The summed E-state index contributed by atoms with van der Waals surface area (Å²) in [7, 11) is 2.03. The molecule has 1 saturated carbocycles. The van der Waals surface area contributed by atoms with Gasteiger partial charge in [-0.3, -0.25) is 14.6 Å². The molecule has 3 aromatic rings. The summed E-state index contributed by atoms with van der Waals surface area (Å²) in [6.07, 6.45) is 9.63. The second-order valence-corrected chi connectivity index (χ2v) is 9.18. The maximum Gasteiger partial charge on any atom is 0.259 e. The van der Waals surface area contributed by atoms with E-state index in [9.17, 15) is 0 Å². The van der Waals surface area contributed by atoms with E-state index in [1.807, 2.05) is 23.9 Å². The summed E-state index contributed by atoms with van der Waals surface area (Å²) in [5, 5.41) is 9.10. The van der Waals surface area contributed by atoms with Crippen molar-refractivity contribution >= 4 is 0 Å². The molecule has 0 bridgehead atoms. The SMILES string of the molecule is Cc1nn(C)c(C)c1CN1CCCC(CC2CC2)(c2noc(-c3cccnc3)n2)C1. The fourth-order valence-electron chi connectivity index (χ4n) is 4.99. The summed E-state index contributed by atoms with van der Waals surface area (Å²) >= 11 is 0. The summed E-state index contributed by atoms with van der Waals surface area (Å²) in [6, 6.07) is 3.87. The molecule has 2 fully saturated rings. The molecule has 7 heteroatoms. The molecule has 3 aromatic heterocycles. The molecule has 0 amide bonds. The molecule has 0 N–H and O–H groups in total. The highest BCUT2D eigenvalue weighted by atomic mass is 16.5. The lowest BCUT2D eigenvalue weighted by Gasteiger charge is -2.41. The Labute approximate surface area is 177 Å². The zero-order valence-electron chi connectivity index (χ0n) is 18.1. The third-order valence-corrected chi connectivity index (χ3v) is 6.88. The van der Waals surface area contributed by atoms with Gasteiger partial charge in [0.05, 0.1) is 11.3 Å². The largest absolute Gasteiger partial charge is 0.334 e. The number of rotatable bonds is 6. The number of hydrogen-bond donors (Lipinski definition) is 0. The Morgan fingerprint density at radius 3 is 2.83 bits per heavy atom. The van der Waals surface area contributed by atoms with Gasteiger partial charge in [-0.05, 0) is 57.7 Å². The molecule has 1 aliphatic heterocycles. The second-order valence-electron chi connectivity index (χ2n) is 9.18. The average Bonchev–Trinajstić information content (AvgIpc) is 3.34. The first kappa shape index (κ1) is 19.4. The predicted molar refractivity (Wildman–Crippen MR) is 114 cm³/mol. The van der Waals surface area contributed by atoms with Gasteiger partial charge in [-0.15, -0.1) is 0 Å². The average molecular weight is 407 g/mol. The number of piperidine rings is 1. The minimum Gasteiger partial charge on any atom is -0.334 e. The number of pyridine rings is 1. The van der Waals surface area contributed by atoms with Crippen LogP contribution in [0.25, 0.3) is 11.5 Å². The Hall–Kier alpha value is -2.54. The molecule has 0 spiro atoms. The van der Waals surface area contributed by atoms with Crippen molar-refractivity contribution < 1.29 is 4.52 Å². The van der Waals surface area contributed by atoms with Gasteiger partial charge in [0.2, 0.25) is 0 Å². The molecule has 7 nitrogen and oxygen atoms in total. The summed E-state index contributed by atoms with van der Waals surface area (Å²) in [5.74, 6) is 2.24. The summed E-state index contributed by atoms with van der Waals surface area (Å²) in [4.78, 5) is 11.6. The number of nitrogens with zero attached hydrogens (tertiary/aromatic N) is 6. The van der Waals surface area contributed by atoms with Gasteiger partial charge in [-0.1, -0.05) is 18.0 Å². The van der Waals surface area contributed by atoms with Crippen LogP contribution in [0.5, 0.6) is 0 Å². The Kier molecular flexibility index (Phi) is 4.93. The van der Waals surface area contributed by atoms with Gasteiger partial charge in [-0.2, -0.15) is 10.1 Å². The summed E-state index contributed by atoms with van der Waals surface area (Å²) in [6.45, 7) is 7.29. The monoisotopic (exact) mass is 406 g/mol. The van der Waals surface area contributed by atoms with E-state index in [4.69, 9.17) is 9.51 Å². The first-order chi connectivity index (χ1) is 14.5. The molecule has 1 unspecified atom stereocenters. The van der Waals surface area contributed by atoms with Gasteiger partial charge in [0, 0.05) is 49.2 Å². The predicted octanol–water partition coefficient (Wildman–Crippen LogP) is 3.82. The fourth-order valence-corrected chi connectivity index (χ4v) is 4.99. The Bertz CT molecular complexity index is 1020. The lowest BCUT2D eigenvalue weighted by atomic mass is 9.74. The van der Waals surface area contributed by atoms with Crippen molar-refractivity contribution in [3.05, 3.63) is 47.3 Å². The zero-order chi connectivity index (χ0) is 20.7. The van der Waals surface area contributed by atoms with Crippen molar-refractivity contribution in [3.8, 4) is 11.5 Å². The van der Waals surface area contributed by atoms with Crippen LogP contribution in [0.15, 0.2) is 29.0 Å². The molecule has 158 valence electrons. The van der Waals surface area contributed by atoms with E-state index < -0.39 is 0 Å². The van der Waals surface area contributed by atoms with Gasteiger partial charge in [0.15, 0.2) is 5.82 Å². The van der Waals surface area contributed by atoms with Crippen LogP contribution >= 0.6 is 0 Å². The first-order valence-electron chi connectivity index (χ1n) is 11.0. The lowest BCUT2D eigenvalue weighted by molar-refractivity contribution is 0.119. The lowest BCUT2D eigenvalue weighted by Crippen LogP contribution is -2.46. The topological polar surface area (TPSA) is 72.9 Å². The minimum absolute atomic E-state index is 0.0343. The molecule has 5 rings (SSSR count). The van der Waals surface area contributed by atoms with E-state index >= 15 is 0 Å². The quantitative estimate of drug-likeness (QED) is 0.620. The molecule has 1 aliphatic carbocycles. The molecule has 1 atom stereocenters. The van der Waals surface area contributed by atoms with E-state index in [1.54, 1.807) is 12.4 Å². The van der Waals surface area contributed by atoms with Gasteiger partial charge in [-0.25, -0.2) is 0 Å². The van der Waals surface area contributed by atoms with Crippen molar-refractivity contribution in [2.24, 2.45) is 13.0 Å². The number of hydrogen-bond acceptors (Lipinski definition) is 6. The standard InChI is InChI=1S/C23H30N6O/c1-16-20(17(2)28(3)26-16)14-29-11-5-9-23(15-29,12-18-7-8-18)22-25-21(30-27-22)19-6-4-10-24-13-19/h4,6,10,13,18H,5,7-9,11-12,14-15H2,1-3H3. The normalized spacial score (nSPS) is 22.5. The number of likely N-dealkylation sites (tertiary alicyclic amines) is 1. The van der Waals surface area contributed by atoms with E-state index in [-0.39, 0.29) is 5.41 Å². The van der Waals surface area contributed by atoms with Gasteiger partial charge in [0.1, 0.15) is 0 Å². The highest BCUT2D eigenvalue weighted by Crippen LogP contribution is 2.46. The second kappa shape index (κ2) is 7.61. The zero-order valence-corrected chi connectivity index (χ0v) is 18.1. The van der Waals surface area contributed by atoms with E-state index in [1.165, 1.54) is 24.1 Å². The molecule has 4 heterocycles. The van der Waals surface area contributed by atoms with Crippen LogP contribution in [0, 0.1) is 19.8 Å². The molecule has 30 heavy (non-hydrogen) atoms. The van der Waals surface area contributed by atoms with Crippen LogP contribution in [0.2, 0.25) is 0 Å². The molecule has 2 aliphatic rings. The van der Waals surface area contributed by atoms with Crippen molar-refractivity contribution in [1.82, 2.24) is 29.8 Å². The van der Waals surface area contributed by atoms with Crippen molar-refractivity contribution in [1.29, 1.82) is 0 Å². The van der Waals surface area contributed by atoms with Crippen LogP contribution < -0.4 is 0 Å². The number of aromatic nitrogens is 5. The van der Waals surface area contributed by atoms with E-state index in [0.717, 1.165) is 61.9 Å². The third-order valence-electron chi connectivity index (χ3n) is 6.88. The van der Waals surface area contributed by atoms with Crippen molar-refractivity contribution in [2.75, 3.05) is 13.1 Å². The Balaban J connectivity index is 1.43. The smallest absolute Gasteiger partial charge is 0.259 e. The van der Waals surface area contributed by atoms with Crippen molar-refractivity contribution in [3.63, 3.8) is 0 Å². The van der Waals surface area contributed by atoms with Crippen LogP contribution in [0.3, 0.4) is 0 Å². The molecule has 0 radical (unpaired) electrons. The van der Waals surface area contributed by atoms with E-state index in [2.05, 4.69) is 34.0 Å². The maximum absolute atomic E-state index is 5.69. The van der Waals surface area contributed by atoms with Gasteiger partial charge >= 0.3 is 0 Å². The fraction of sp³-hybridized carbons (Fsp3) is 0.565. The highest BCUT2D eigenvalue weighted by Gasteiger charge is 2.45. The first-order valence-corrected chi connectivity index (χ1v) is 11.0. The molecular formula is C23H30N6O. The number of aryl methyl sites for hydroxylation is 2. The minimum atomic E-state index is -0.0343. The molecule has 0 aromatic carbocycles. The Morgan fingerprint density at radius 1 is 1.27 bits per heavy atom. The Morgan fingerprint density at radius 2 is 2.13 bits per heavy atom. The van der Waals surface area contributed by atoms with Crippen molar-refractivity contribution in [2.45, 2.75) is 57.9 Å². The highest BCUT2D eigenvalue weighted by molar-refractivity contribution is 5.50. The van der Waals surface area contributed by atoms with Gasteiger partial charge < -0.3 is 4.52 Å². The summed E-state index contributed by atoms with van der Waals surface area (Å²) < 4.78 is 7.68. The summed E-state index contributed by atoms with van der Waals surface area (Å²) in [5.41, 5.74) is 4.58. The van der Waals surface area contributed by atoms with Crippen LogP contribution in [0.1, 0.15) is 54.9 Å². The van der Waals surface area contributed by atoms with Crippen LogP contribution in [-0.2, 0) is 19.0 Å². The van der Waals surface area contributed by atoms with Crippen LogP contribution in [0.4, 0.5) is 0 Å². The van der Waals surface area contributed by atoms with Gasteiger partial charge in [0.25, 0.3) is 5.89 Å². The van der Waals surface area contributed by atoms with Crippen LogP contribution in [-0.4, -0.2) is 42.9 Å². The van der Waals surface area contributed by atoms with E-state index in [0.29, 0.717) is 5.89 Å².